The molecule has 10 nitrogen and oxygen atoms in total. The molecule has 2 heterocycles. The molecule has 0 amide bonds. The fourth-order valence-electron chi connectivity index (χ4n) is 3.21. The molecule has 0 unspecified atom stereocenters. The number of tetrazole rings is 1. The molecule has 0 saturated carbocycles. The van der Waals surface area contributed by atoms with Crippen LogP contribution in [-0.4, -0.2) is 41.4 Å². The summed E-state index contributed by atoms with van der Waals surface area (Å²) in [6.07, 6.45) is 2.23. The minimum atomic E-state index is -0.331. The first-order valence-electron chi connectivity index (χ1n) is 10.5. The quantitative estimate of drug-likeness (QED) is 0.257. The van der Waals surface area contributed by atoms with E-state index in [0.717, 1.165) is 22.2 Å². The molecule has 2 aromatic heterocycles. The van der Waals surface area contributed by atoms with Crippen molar-refractivity contribution in [1.82, 2.24) is 29.8 Å². The number of ether oxygens (including phenoxy) is 1. The third-order valence-electron chi connectivity index (χ3n) is 5.15. The number of rotatable bonds is 6. The van der Waals surface area contributed by atoms with E-state index in [2.05, 4.69) is 30.6 Å². The summed E-state index contributed by atoms with van der Waals surface area (Å²) >= 11 is 0. The molecule has 0 bridgehead atoms. The van der Waals surface area contributed by atoms with Gasteiger partial charge in [-0.25, -0.2) is 9.78 Å². The molecule has 4 aromatic rings. The van der Waals surface area contributed by atoms with Crippen molar-refractivity contribution in [2.24, 2.45) is 17.3 Å². The maximum atomic E-state index is 12.3. The first kappa shape index (κ1) is 22.0. The fourth-order valence-corrected chi connectivity index (χ4v) is 3.21. The van der Waals surface area contributed by atoms with Crippen LogP contribution in [0.1, 0.15) is 37.1 Å². The van der Waals surface area contributed by atoms with Gasteiger partial charge in [0, 0.05) is 19.0 Å². The first-order chi connectivity index (χ1) is 16.0. The summed E-state index contributed by atoms with van der Waals surface area (Å²) in [6.45, 7) is 5.93. The average molecular weight is 444 g/mol. The molecule has 0 aliphatic rings. The van der Waals surface area contributed by atoms with Gasteiger partial charge >= 0.3 is 5.69 Å². The van der Waals surface area contributed by atoms with E-state index in [0.29, 0.717) is 29.4 Å². The summed E-state index contributed by atoms with van der Waals surface area (Å²) < 4.78 is 8.40. The predicted octanol–water partition coefficient (Wildman–Crippen LogP) is 2.97. The Morgan fingerprint density at radius 2 is 1.85 bits per heavy atom. The number of para-hydroxylation sites is 2. The highest BCUT2D eigenvalue weighted by atomic mass is 16.5. The van der Waals surface area contributed by atoms with Crippen LogP contribution in [-0.2, 0) is 18.4 Å². The lowest BCUT2D eigenvalue weighted by Crippen LogP contribution is -2.23. The Morgan fingerprint density at radius 1 is 1.06 bits per heavy atom. The van der Waals surface area contributed by atoms with E-state index >= 15 is 0 Å². The molecule has 0 saturated heterocycles. The van der Waals surface area contributed by atoms with Gasteiger partial charge in [-0.1, -0.05) is 31.2 Å². The zero-order valence-corrected chi connectivity index (χ0v) is 18.9. The Hall–Kier alpha value is -4.21. The van der Waals surface area contributed by atoms with Crippen LogP contribution in [0, 0.1) is 6.92 Å². The van der Waals surface area contributed by atoms with Gasteiger partial charge in [0.25, 0.3) is 0 Å². The van der Waals surface area contributed by atoms with Gasteiger partial charge in [-0.3, -0.25) is 4.98 Å². The topological polar surface area (TPSA) is 112 Å². The lowest BCUT2D eigenvalue weighted by atomic mass is 10.1. The van der Waals surface area contributed by atoms with E-state index in [1.165, 1.54) is 9.36 Å². The Bertz CT molecular complexity index is 1420. The summed E-state index contributed by atoms with van der Waals surface area (Å²) in [4.78, 5) is 21.3. The number of fused-ring (bicyclic) bond motifs is 1. The van der Waals surface area contributed by atoms with Gasteiger partial charge < -0.3 is 4.74 Å². The highest BCUT2D eigenvalue weighted by Gasteiger charge is 2.14. The third kappa shape index (κ3) is 4.69. The lowest BCUT2D eigenvalue weighted by molar-refractivity contribution is 0.282. The average Bonchev–Trinajstić information content (AvgIpc) is 3.17. The summed E-state index contributed by atoms with van der Waals surface area (Å²) in [5.74, 6) is 0.462. The van der Waals surface area contributed by atoms with Crippen LogP contribution in [0.15, 0.2) is 63.7 Å². The van der Waals surface area contributed by atoms with Crippen molar-refractivity contribution in [3.63, 3.8) is 0 Å². The van der Waals surface area contributed by atoms with Gasteiger partial charge in [0.05, 0.1) is 28.6 Å². The van der Waals surface area contributed by atoms with Gasteiger partial charge in [-0.15, -0.1) is 5.10 Å². The van der Waals surface area contributed by atoms with Crippen LogP contribution in [0.5, 0.6) is 0 Å². The Morgan fingerprint density at radius 3 is 2.58 bits per heavy atom. The van der Waals surface area contributed by atoms with Crippen LogP contribution in [0.2, 0.25) is 0 Å². The van der Waals surface area contributed by atoms with Crippen molar-refractivity contribution >= 4 is 22.6 Å². The monoisotopic (exact) mass is 444 g/mol. The maximum absolute atomic E-state index is 12.3. The number of hydrogen-bond donors (Lipinski definition) is 0. The molecule has 2 aromatic carbocycles. The fraction of sp³-hybridized carbons (Fsp3) is 0.261. The van der Waals surface area contributed by atoms with E-state index in [9.17, 15) is 4.79 Å². The van der Waals surface area contributed by atoms with E-state index in [1.54, 1.807) is 13.2 Å². The molecule has 168 valence electrons. The first-order valence-corrected chi connectivity index (χ1v) is 10.5. The van der Waals surface area contributed by atoms with Gasteiger partial charge in [0.2, 0.25) is 5.90 Å². The van der Waals surface area contributed by atoms with Crippen LogP contribution < -0.4 is 5.69 Å². The highest BCUT2D eigenvalue weighted by molar-refractivity contribution is 5.98. The van der Waals surface area contributed by atoms with Crippen LogP contribution >= 0.6 is 0 Å². The lowest BCUT2D eigenvalue weighted by Gasteiger charge is -2.13. The Balaban J connectivity index is 1.56. The molecule has 0 N–H and O–H groups in total. The summed E-state index contributed by atoms with van der Waals surface area (Å²) in [5.41, 5.74) is 4.98. The second-order valence-corrected chi connectivity index (χ2v) is 7.43. The largest absolute Gasteiger partial charge is 0.475 e. The zero-order chi connectivity index (χ0) is 23.4. The molecular weight excluding hydrogens is 420 g/mol. The van der Waals surface area contributed by atoms with Crippen molar-refractivity contribution < 1.29 is 4.74 Å². The molecule has 33 heavy (non-hydrogen) atoms. The van der Waals surface area contributed by atoms with Crippen molar-refractivity contribution in [3.05, 3.63) is 76.0 Å². The highest BCUT2D eigenvalue weighted by Crippen LogP contribution is 2.18. The second-order valence-electron chi connectivity index (χ2n) is 7.43. The zero-order valence-electron chi connectivity index (χ0n) is 18.9. The smallest absolute Gasteiger partial charge is 0.368 e. The Kier molecular flexibility index (Phi) is 6.34. The molecular formula is C23H24N8O2. The van der Waals surface area contributed by atoms with Crippen molar-refractivity contribution in [2.75, 3.05) is 0 Å². The predicted molar refractivity (Wildman–Crippen MR) is 126 cm³/mol. The summed E-state index contributed by atoms with van der Waals surface area (Å²) in [5, 5.41) is 16.3. The Labute approximate surface area is 190 Å². The van der Waals surface area contributed by atoms with Crippen LogP contribution in [0.25, 0.3) is 16.7 Å². The summed E-state index contributed by atoms with van der Waals surface area (Å²) in [7, 11) is 1.56. The molecule has 0 radical (unpaired) electrons. The van der Waals surface area contributed by atoms with Gasteiger partial charge in [-0.2, -0.15) is 14.5 Å². The molecule has 0 fully saturated rings. The normalized spacial score (nSPS) is 12.4. The van der Waals surface area contributed by atoms with Crippen molar-refractivity contribution in [3.8, 4) is 5.69 Å². The number of hydrogen-bond acceptors (Lipinski definition) is 8. The number of benzene rings is 2. The van der Waals surface area contributed by atoms with Gasteiger partial charge in [0.1, 0.15) is 12.3 Å². The molecule has 0 aliphatic carbocycles. The van der Waals surface area contributed by atoms with Crippen molar-refractivity contribution in [2.45, 2.75) is 33.8 Å². The van der Waals surface area contributed by atoms with Gasteiger partial charge in [-0.05, 0) is 48.0 Å². The molecule has 0 atom stereocenters. The third-order valence-corrected chi connectivity index (χ3v) is 5.15. The molecule has 0 aliphatic heterocycles. The van der Waals surface area contributed by atoms with E-state index in [1.807, 2.05) is 63.2 Å². The number of nitrogens with zero attached hydrogens (tertiary/aromatic N) is 8. The number of aryl methyl sites for hydroxylation is 2. The molecule has 4 rings (SSSR count). The summed E-state index contributed by atoms with van der Waals surface area (Å²) in [6, 6.07) is 13.3. The number of aromatic nitrogens is 6. The van der Waals surface area contributed by atoms with Crippen LogP contribution in [0.4, 0.5) is 0 Å². The SMILES string of the molecule is CCC(=NN=C(C)c1cnc2ccccc2n1)OCc1c(C)cccc1-n1nnn(C)c1=O. The van der Waals surface area contributed by atoms with Gasteiger partial charge in [0.15, 0.2) is 0 Å². The van der Waals surface area contributed by atoms with Crippen LogP contribution in [0.3, 0.4) is 0 Å². The molecule has 0 spiro atoms. The van der Waals surface area contributed by atoms with E-state index in [4.69, 9.17) is 4.74 Å². The standard InChI is InChI=1S/C23H24N8O2/c1-5-22(27-26-16(3)20-13-24-18-10-6-7-11-19(18)25-20)33-14-17-15(2)9-8-12-21(17)31-23(32)30(4)28-29-31/h6-13H,5,14H2,1-4H3. The molecule has 10 heteroatoms. The minimum Gasteiger partial charge on any atom is -0.475 e. The van der Waals surface area contributed by atoms with E-state index < -0.39 is 0 Å². The second kappa shape index (κ2) is 9.51. The van der Waals surface area contributed by atoms with E-state index in [-0.39, 0.29) is 12.3 Å². The van der Waals surface area contributed by atoms with Crippen molar-refractivity contribution in [1.29, 1.82) is 0 Å². The minimum absolute atomic E-state index is 0.210. The maximum Gasteiger partial charge on any atom is 0.368 e.